The van der Waals surface area contributed by atoms with E-state index in [0.29, 0.717) is 15.8 Å². The fraction of sp³-hybridized carbons (Fsp3) is 0.125. The highest BCUT2D eigenvalue weighted by Gasteiger charge is 2.14. The van der Waals surface area contributed by atoms with Crippen molar-refractivity contribution in [2.24, 2.45) is 0 Å². The molecule has 2 aromatic heterocycles. The Balaban J connectivity index is 2.02. The second kappa shape index (κ2) is 6.68. The van der Waals surface area contributed by atoms with Crippen LogP contribution in [0.25, 0.3) is 5.69 Å². The molecule has 27 heavy (non-hydrogen) atoms. The third-order valence-electron chi connectivity index (χ3n) is 3.78. The van der Waals surface area contributed by atoms with E-state index >= 15 is 0 Å². The zero-order valence-corrected chi connectivity index (χ0v) is 14.0. The van der Waals surface area contributed by atoms with Gasteiger partial charge in [0.25, 0.3) is 11.1 Å². The molecule has 0 bridgehead atoms. The van der Waals surface area contributed by atoms with Gasteiger partial charge in [0.1, 0.15) is 6.07 Å². The number of ether oxygens (including phenoxy) is 1. The zero-order valence-electron chi connectivity index (χ0n) is 14.0. The fourth-order valence-electron chi connectivity index (χ4n) is 2.16. The molecule has 0 atom stereocenters. The predicted octanol–water partition coefficient (Wildman–Crippen LogP) is 0.424. The van der Waals surface area contributed by atoms with Crippen molar-refractivity contribution in [3.63, 3.8) is 0 Å². The lowest BCUT2D eigenvalue weighted by molar-refractivity contribution is 0.417. The van der Waals surface area contributed by atoms with Crippen LogP contribution in [0.15, 0.2) is 32.6 Å². The van der Waals surface area contributed by atoms with Gasteiger partial charge in [0.2, 0.25) is 11.6 Å². The maximum atomic E-state index is 14.4. The highest BCUT2D eigenvalue weighted by Crippen LogP contribution is 2.26. The molecule has 1 aromatic carbocycles. The molecule has 0 aliphatic rings. The second-order valence-electron chi connectivity index (χ2n) is 5.46. The second-order valence-corrected chi connectivity index (χ2v) is 5.46. The molecule has 3 rings (SSSR count). The molecular formula is C16H11FN6O4. The van der Waals surface area contributed by atoms with Crippen molar-refractivity contribution in [1.29, 1.82) is 5.26 Å². The number of nitriles is 1. The van der Waals surface area contributed by atoms with E-state index in [0.717, 1.165) is 6.07 Å². The number of nitrogens with one attached hydrogen (secondary N) is 2. The van der Waals surface area contributed by atoms with Gasteiger partial charge in [-0.25, -0.2) is 14.3 Å². The van der Waals surface area contributed by atoms with Gasteiger partial charge in [-0.3, -0.25) is 14.6 Å². The first-order valence-corrected chi connectivity index (χ1v) is 7.49. The summed E-state index contributed by atoms with van der Waals surface area (Å²) >= 11 is 0. The molecule has 3 aromatic rings. The Morgan fingerprint density at radius 1 is 1.19 bits per heavy atom. The van der Waals surface area contributed by atoms with Crippen molar-refractivity contribution in [3.8, 4) is 23.4 Å². The van der Waals surface area contributed by atoms with Crippen molar-refractivity contribution in [1.82, 2.24) is 25.0 Å². The summed E-state index contributed by atoms with van der Waals surface area (Å²) in [6, 6.07) is 5.00. The number of benzene rings is 1. The molecule has 2 heterocycles. The fourth-order valence-corrected chi connectivity index (χ4v) is 2.16. The van der Waals surface area contributed by atoms with Gasteiger partial charge in [-0.05, 0) is 26.0 Å². The molecule has 0 saturated carbocycles. The maximum Gasteiger partial charge on any atom is 0.349 e. The van der Waals surface area contributed by atoms with Crippen LogP contribution in [0.4, 0.5) is 4.39 Å². The quantitative estimate of drug-likeness (QED) is 0.679. The van der Waals surface area contributed by atoms with Crippen molar-refractivity contribution in [2.75, 3.05) is 0 Å². The van der Waals surface area contributed by atoms with E-state index in [1.54, 1.807) is 13.8 Å². The van der Waals surface area contributed by atoms with E-state index < -0.39 is 22.8 Å². The van der Waals surface area contributed by atoms with Crippen LogP contribution in [0, 0.1) is 31.0 Å². The Morgan fingerprint density at radius 2 is 1.93 bits per heavy atom. The smallest absolute Gasteiger partial charge is 0.349 e. The molecule has 0 aliphatic carbocycles. The van der Waals surface area contributed by atoms with Crippen molar-refractivity contribution in [3.05, 3.63) is 72.0 Å². The van der Waals surface area contributed by atoms with Gasteiger partial charge in [0, 0.05) is 17.2 Å². The van der Waals surface area contributed by atoms with Crippen LogP contribution < -0.4 is 21.5 Å². The number of aromatic amines is 2. The lowest BCUT2D eigenvalue weighted by Gasteiger charge is -2.10. The van der Waals surface area contributed by atoms with E-state index in [-0.39, 0.29) is 22.9 Å². The molecule has 10 nitrogen and oxygen atoms in total. The number of hydrogen-bond donors (Lipinski definition) is 2. The predicted molar refractivity (Wildman–Crippen MR) is 89.5 cm³/mol. The molecule has 136 valence electrons. The van der Waals surface area contributed by atoms with Crippen molar-refractivity contribution < 1.29 is 9.13 Å². The third kappa shape index (κ3) is 3.23. The molecule has 2 N–H and O–H groups in total. The van der Waals surface area contributed by atoms with E-state index in [4.69, 9.17) is 10.00 Å². The van der Waals surface area contributed by atoms with Gasteiger partial charge >= 0.3 is 5.69 Å². The molecule has 0 saturated heterocycles. The largest absolute Gasteiger partial charge is 0.434 e. The molecule has 11 heteroatoms. The standard InChI is InChI=1S/C16H11FN6O4/c1-7-8(2)15(21-20-13(7)24)27-12-4-3-9(5-10(12)17)23-16(26)19-14(25)11(6-18)22-23/h3-5H,1-2H3,(H,20,24)(H,19,25,26). The number of H-pyrrole nitrogens is 2. The summed E-state index contributed by atoms with van der Waals surface area (Å²) in [6.45, 7) is 3.18. The normalized spacial score (nSPS) is 10.4. The molecule has 0 unspecified atom stereocenters. The number of halogens is 1. The van der Waals surface area contributed by atoms with Crippen LogP contribution in [-0.4, -0.2) is 25.0 Å². The number of rotatable bonds is 3. The summed E-state index contributed by atoms with van der Waals surface area (Å²) in [5.41, 5.74) is -1.99. The average Bonchev–Trinajstić information content (AvgIpc) is 2.64. The Morgan fingerprint density at radius 3 is 2.59 bits per heavy atom. The monoisotopic (exact) mass is 370 g/mol. The number of hydrogen-bond acceptors (Lipinski definition) is 7. The zero-order chi connectivity index (χ0) is 19.7. The summed E-state index contributed by atoms with van der Waals surface area (Å²) in [4.78, 5) is 36.6. The van der Waals surface area contributed by atoms with Gasteiger partial charge in [-0.1, -0.05) is 0 Å². The minimum Gasteiger partial charge on any atom is -0.434 e. The van der Waals surface area contributed by atoms with E-state index in [1.807, 2.05) is 4.98 Å². The SMILES string of the molecule is Cc1c(Oc2ccc(-n3nc(C#N)c(=O)[nH]c3=O)cc2F)n[nH]c(=O)c1C. The van der Waals surface area contributed by atoms with Gasteiger partial charge in [-0.2, -0.15) is 9.94 Å². The van der Waals surface area contributed by atoms with Crippen LogP contribution in [0.2, 0.25) is 0 Å². The summed E-state index contributed by atoms with van der Waals surface area (Å²) in [5, 5.41) is 18.4. The molecule has 0 radical (unpaired) electrons. The Hall–Kier alpha value is -4.07. The van der Waals surface area contributed by atoms with E-state index in [2.05, 4.69) is 15.3 Å². The number of aromatic nitrogens is 5. The van der Waals surface area contributed by atoms with E-state index in [1.165, 1.54) is 18.2 Å². The minimum atomic E-state index is -0.936. The Kier molecular flexibility index (Phi) is 4.39. The van der Waals surface area contributed by atoms with Crippen LogP contribution in [0.3, 0.4) is 0 Å². The lowest BCUT2D eigenvalue weighted by Crippen LogP contribution is -2.33. The molecule has 0 amide bonds. The highest BCUT2D eigenvalue weighted by molar-refractivity contribution is 5.41. The Labute approximate surface area is 149 Å². The lowest BCUT2D eigenvalue weighted by atomic mass is 10.2. The van der Waals surface area contributed by atoms with E-state index in [9.17, 15) is 18.8 Å². The summed E-state index contributed by atoms with van der Waals surface area (Å²) in [7, 11) is 0. The topological polar surface area (TPSA) is 147 Å². The summed E-state index contributed by atoms with van der Waals surface area (Å²) < 4.78 is 20.5. The van der Waals surface area contributed by atoms with Gasteiger partial charge < -0.3 is 4.74 Å². The van der Waals surface area contributed by atoms with Crippen molar-refractivity contribution in [2.45, 2.75) is 13.8 Å². The van der Waals surface area contributed by atoms with Crippen LogP contribution >= 0.6 is 0 Å². The summed E-state index contributed by atoms with van der Waals surface area (Å²) in [6.07, 6.45) is 0. The first-order valence-electron chi connectivity index (χ1n) is 7.49. The maximum absolute atomic E-state index is 14.4. The van der Waals surface area contributed by atoms with Gasteiger partial charge in [-0.15, -0.1) is 10.2 Å². The first kappa shape index (κ1) is 17.7. The first-order chi connectivity index (χ1) is 12.8. The molecular weight excluding hydrogens is 359 g/mol. The van der Waals surface area contributed by atoms with Gasteiger partial charge in [0.15, 0.2) is 11.6 Å². The average molecular weight is 370 g/mol. The van der Waals surface area contributed by atoms with Gasteiger partial charge in [0.05, 0.1) is 5.69 Å². The summed E-state index contributed by atoms with van der Waals surface area (Å²) in [5.74, 6) is -1.04. The highest BCUT2D eigenvalue weighted by atomic mass is 19.1. The number of nitrogens with zero attached hydrogens (tertiary/aromatic N) is 4. The van der Waals surface area contributed by atoms with Crippen LogP contribution in [0.1, 0.15) is 16.8 Å². The van der Waals surface area contributed by atoms with Crippen LogP contribution in [-0.2, 0) is 0 Å². The van der Waals surface area contributed by atoms with Crippen molar-refractivity contribution >= 4 is 0 Å². The molecule has 0 fully saturated rings. The van der Waals surface area contributed by atoms with Crippen LogP contribution in [0.5, 0.6) is 11.6 Å². The Bertz CT molecular complexity index is 1270. The molecule has 0 spiro atoms. The minimum absolute atomic E-state index is 0.0184. The third-order valence-corrected chi connectivity index (χ3v) is 3.78. The molecule has 0 aliphatic heterocycles.